The molecule has 5 nitrogen and oxygen atoms in total. The minimum absolute atomic E-state index is 0.359. The molecule has 0 unspecified atom stereocenters. The Kier molecular flexibility index (Phi) is 3.59. The fourth-order valence-electron chi connectivity index (χ4n) is 1.36. The molecule has 0 aliphatic rings. The molecule has 0 heterocycles. The highest BCUT2D eigenvalue weighted by atomic mass is 16.5. The number of nitriles is 1. The van der Waals surface area contributed by atoms with Crippen LogP contribution in [0.4, 0.5) is 10.5 Å². The number of carboxylic acid groups (broad SMARTS) is 1. The van der Waals surface area contributed by atoms with Crippen molar-refractivity contribution in [3.05, 3.63) is 23.8 Å². The van der Waals surface area contributed by atoms with E-state index >= 15 is 0 Å². The molecule has 17 heavy (non-hydrogen) atoms. The first-order chi connectivity index (χ1) is 7.90. The molecular formula is C12H14N2O3. The van der Waals surface area contributed by atoms with E-state index < -0.39 is 11.5 Å². The van der Waals surface area contributed by atoms with Crippen molar-refractivity contribution >= 4 is 11.8 Å². The van der Waals surface area contributed by atoms with E-state index in [0.29, 0.717) is 11.4 Å². The summed E-state index contributed by atoms with van der Waals surface area (Å²) in [5.74, 6) is 0.397. The average Bonchev–Trinajstić information content (AvgIpc) is 2.28. The van der Waals surface area contributed by atoms with Crippen LogP contribution < -0.4 is 10.1 Å². The molecule has 90 valence electrons. The highest BCUT2D eigenvalue weighted by Gasteiger charge is 2.21. The maximum absolute atomic E-state index is 10.6. The topological polar surface area (TPSA) is 82.3 Å². The van der Waals surface area contributed by atoms with E-state index in [2.05, 4.69) is 11.4 Å². The molecule has 0 radical (unpaired) electrons. The van der Waals surface area contributed by atoms with Crippen LogP contribution in [0.2, 0.25) is 0 Å². The smallest absolute Gasteiger partial charge is 0.409 e. The van der Waals surface area contributed by atoms with E-state index in [9.17, 15) is 4.79 Å². The first-order valence-corrected chi connectivity index (χ1v) is 5.00. The van der Waals surface area contributed by atoms with Gasteiger partial charge in [0.1, 0.15) is 5.75 Å². The Morgan fingerprint density at radius 3 is 2.65 bits per heavy atom. The second-order valence-corrected chi connectivity index (χ2v) is 4.08. The minimum atomic E-state index is -1.16. The van der Waals surface area contributed by atoms with Gasteiger partial charge in [0.25, 0.3) is 0 Å². The summed E-state index contributed by atoms with van der Waals surface area (Å²) in [5, 5.41) is 19.9. The number of nitrogens with zero attached hydrogens (tertiary/aromatic N) is 1. The van der Waals surface area contributed by atoms with E-state index in [1.807, 2.05) is 0 Å². The number of benzene rings is 1. The van der Waals surface area contributed by atoms with Crippen LogP contribution >= 0.6 is 0 Å². The Labute approximate surface area is 99.6 Å². The molecule has 0 aliphatic carbocycles. The van der Waals surface area contributed by atoms with Gasteiger partial charge in [0, 0.05) is 0 Å². The average molecular weight is 234 g/mol. The summed E-state index contributed by atoms with van der Waals surface area (Å²) >= 11 is 0. The molecule has 0 bridgehead atoms. The van der Waals surface area contributed by atoms with Crippen molar-refractivity contribution in [3.63, 3.8) is 0 Å². The number of hydrogen-bond acceptors (Lipinski definition) is 3. The summed E-state index contributed by atoms with van der Waals surface area (Å²) in [6, 6.07) is 7.13. The lowest BCUT2D eigenvalue weighted by Gasteiger charge is -2.18. The van der Waals surface area contributed by atoms with Crippen molar-refractivity contribution < 1.29 is 14.6 Å². The van der Waals surface area contributed by atoms with Gasteiger partial charge < -0.3 is 9.84 Å². The molecule has 1 aromatic carbocycles. The first kappa shape index (κ1) is 12.8. The van der Waals surface area contributed by atoms with E-state index in [4.69, 9.17) is 15.1 Å². The number of amides is 1. The van der Waals surface area contributed by atoms with Gasteiger partial charge in [-0.15, -0.1) is 0 Å². The van der Waals surface area contributed by atoms with Crippen LogP contribution in [-0.2, 0) is 5.41 Å². The van der Waals surface area contributed by atoms with Crippen molar-refractivity contribution in [1.82, 2.24) is 0 Å². The Bertz CT molecular complexity index is 475. The standard InChI is InChI=1S/C12H14N2O3/c1-12(2,7-13)8-4-5-9(14-11(15)16)10(6-8)17-3/h4-6,14H,1-3H3,(H,15,16). The molecule has 1 aromatic rings. The van der Waals surface area contributed by atoms with Crippen molar-refractivity contribution in [1.29, 1.82) is 5.26 Å². The second kappa shape index (κ2) is 4.74. The summed E-state index contributed by atoms with van der Waals surface area (Å²) in [4.78, 5) is 10.6. The minimum Gasteiger partial charge on any atom is -0.495 e. The molecule has 1 amide bonds. The van der Waals surface area contributed by atoms with Gasteiger partial charge in [-0.2, -0.15) is 5.26 Å². The highest BCUT2D eigenvalue weighted by Crippen LogP contribution is 2.31. The zero-order valence-corrected chi connectivity index (χ0v) is 9.94. The number of nitrogens with one attached hydrogen (secondary N) is 1. The molecular weight excluding hydrogens is 220 g/mol. The predicted octanol–water partition coefficient (Wildman–Crippen LogP) is 2.59. The largest absolute Gasteiger partial charge is 0.495 e. The van der Waals surface area contributed by atoms with Crippen molar-refractivity contribution in [2.75, 3.05) is 12.4 Å². The van der Waals surface area contributed by atoms with Crippen LogP contribution in [0.25, 0.3) is 0 Å². The van der Waals surface area contributed by atoms with Gasteiger partial charge in [0.15, 0.2) is 0 Å². The molecule has 0 aliphatic heterocycles. The van der Waals surface area contributed by atoms with Crippen LogP contribution in [0, 0.1) is 11.3 Å². The predicted molar refractivity (Wildman–Crippen MR) is 63.3 cm³/mol. The van der Waals surface area contributed by atoms with Gasteiger partial charge in [-0.1, -0.05) is 6.07 Å². The lowest BCUT2D eigenvalue weighted by Crippen LogP contribution is -2.15. The summed E-state index contributed by atoms with van der Waals surface area (Å²) in [5.41, 5.74) is 0.486. The maximum Gasteiger partial charge on any atom is 0.409 e. The SMILES string of the molecule is COc1cc(C(C)(C)C#N)ccc1NC(=O)O. The summed E-state index contributed by atoms with van der Waals surface area (Å²) < 4.78 is 5.09. The third kappa shape index (κ3) is 2.88. The van der Waals surface area contributed by atoms with Crippen LogP contribution in [-0.4, -0.2) is 18.3 Å². The lowest BCUT2D eigenvalue weighted by atomic mass is 9.86. The van der Waals surface area contributed by atoms with E-state index in [1.54, 1.807) is 32.0 Å². The van der Waals surface area contributed by atoms with E-state index in [-0.39, 0.29) is 0 Å². The number of hydrogen-bond donors (Lipinski definition) is 2. The van der Waals surface area contributed by atoms with Gasteiger partial charge in [-0.05, 0) is 31.5 Å². The number of carbonyl (C=O) groups is 1. The maximum atomic E-state index is 10.6. The molecule has 0 fully saturated rings. The van der Waals surface area contributed by atoms with E-state index in [1.165, 1.54) is 7.11 Å². The Morgan fingerprint density at radius 1 is 1.53 bits per heavy atom. The van der Waals surface area contributed by atoms with Gasteiger partial charge in [-0.3, -0.25) is 5.32 Å². The third-order valence-electron chi connectivity index (χ3n) is 2.44. The van der Waals surface area contributed by atoms with Crippen LogP contribution in [0.5, 0.6) is 5.75 Å². The fourth-order valence-corrected chi connectivity index (χ4v) is 1.36. The van der Waals surface area contributed by atoms with Crippen LogP contribution in [0.15, 0.2) is 18.2 Å². The van der Waals surface area contributed by atoms with Gasteiger partial charge in [0.2, 0.25) is 0 Å². The fraction of sp³-hybridized carbons (Fsp3) is 0.333. The normalized spacial score (nSPS) is 10.5. The quantitative estimate of drug-likeness (QED) is 0.842. The van der Waals surface area contributed by atoms with Crippen LogP contribution in [0.3, 0.4) is 0 Å². The zero-order chi connectivity index (χ0) is 13.1. The van der Waals surface area contributed by atoms with Gasteiger partial charge >= 0.3 is 6.09 Å². The summed E-state index contributed by atoms with van der Waals surface area (Å²) in [7, 11) is 1.45. The molecule has 0 saturated heterocycles. The first-order valence-electron chi connectivity index (χ1n) is 5.00. The monoisotopic (exact) mass is 234 g/mol. The second-order valence-electron chi connectivity index (χ2n) is 4.08. The Morgan fingerprint density at radius 2 is 2.18 bits per heavy atom. The highest BCUT2D eigenvalue weighted by molar-refractivity contribution is 5.85. The Hall–Kier alpha value is -2.22. The number of rotatable bonds is 3. The van der Waals surface area contributed by atoms with Crippen molar-refractivity contribution in [2.24, 2.45) is 0 Å². The summed E-state index contributed by atoms with van der Waals surface area (Å²) in [6.45, 7) is 3.57. The lowest BCUT2D eigenvalue weighted by molar-refractivity contribution is 0.209. The molecule has 1 rings (SSSR count). The van der Waals surface area contributed by atoms with Gasteiger partial charge in [-0.25, -0.2) is 4.79 Å². The molecule has 0 saturated carbocycles. The van der Waals surface area contributed by atoms with Crippen molar-refractivity contribution in [2.45, 2.75) is 19.3 Å². The van der Waals surface area contributed by atoms with Crippen LogP contribution in [0.1, 0.15) is 19.4 Å². The van der Waals surface area contributed by atoms with Crippen molar-refractivity contribution in [3.8, 4) is 11.8 Å². The van der Waals surface area contributed by atoms with E-state index in [0.717, 1.165) is 5.56 Å². The summed E-state index contributed by atoms with van der Waals surface area (Å²) in [6.07, 6.45) is -1.16. The molecule has 0 aromatic heterocycles. The van der Waals surface area contributed by atoms with Gasteiger partial charge in [0.05, 0.1) is 24.3 Å². The molecule has 2 N–H and O–H groups in total. The Balaban J connectivity index is 3.18. The number of ether oxygens (including phenoxy) is 1. The zero-order valence-electron chi connectivity index (χ0n) is 9.94. The molecule has 0 atom stereocenters. The number of methoxy groups -OCH3 is 1. The molecule has 5 heteroatoms. The third-order valence-corrected chi connectivity index (χ3v) is 2.44. The molecule has 0 spiro atoms. The number of anilines is 1.